The molecular weight excluding hydrogens is 248 g/mol. The van der Waals surface area contributed by atoms with Crippen molar-refractivity contribution < 1.29 is 4.79 Å². The molecule has 3 nitrogen and oxygen atoms in total. The fourth-order valence-electron chi connectivity index (χ4n) is 2.11. The molecule has 3 heteroatoms. The number of rotatable bonds is 5. The molecule has 2 aromatic rings. The molecule has 2 aromatic carbocycles. The Morgan fingerprint density at radius 3 is 2.20 bits per heavy atom. The van der Waals surface area contributed by atoms with E-state index in [1.54, 1.807) is 0 Å². The predicted molar refractivity (Wildman–Crippen MR) is 81.1 cm³/mol. The summed E-state index contributed by atoms with van der Waals surface area (Å²) in [6.07, 6.45) is 0.550. The largest absolute Gasteiger partial charge is 0.348 e. The van der Waals surface area contributed by atoms with Crippen LogP contribution in [0.5, 0.6) is 0 Å². The van der Waals surface area contributed by atoms with Crippen LogP contribution in [0.3, 0.4) is 0 Å². The van der Waals surface area contributed by atoms with Crippen molar-refractivity contribution in [1.29, 1.82) is 0 Å². The number of benzene rings is 2. The Bertz CT molecular complexity index is 539. The van der Waals surface area contributed by atoms with E-state index in [2.05, 4.69) is 5.32 Å². The number of carbonyl (C=O) groups excluding carboxylic acids is 1. The first-order chi connectivity index (χ1) is 9.66. The van der Waals surface area contributed by atoms with E-state index in [0.717, 1.165) is 11.1 Å². The molecule has 0 fully saturated rings. The first-order valence-corrected chi connectivity index (χ1v) is 6.81. The molecule has 0 heterocycles. The minimum Gasteiger partial charge on any atom is -0.348 e. The van der Waals surface area contributed by atoms with Gasteiger partial charge in [0.05, 0.1) is 12.1 Å². The zero-order valence-electron chi connectivity index (χ0n) is 11.6. The van der Waals surface area contributed by atoms with E-state index in [0.29, 0.717) is 6.42 Å². The predicted octanol–water partition coefficient (Wildman–Crippen LogP) is 2.43. The van der Waals surface area contributed by atoms with Gasteiger partial charge < -0.3 is 11.1 Å². The van der Waals surface area contributed by atoms with E-state index in [-0.39, 0.29) is 11.9 Å². The summed E-state index contributed by atoms with van der Waals surface area (Å²) in [4.78, 5) is 12.1. The smallest absolute Gasteiger partial charge is 0.237 e. The molecule has 0 saturated carbocycles. The van der Waals surface area contributed by atoms with Crippen molar-refractivity contribution in [2.45, 2.75) is 25.4 Å². The molecule has 0 aliphatic rings. The fraction of sp³-hybridized carbons (Fsp3) is 0.235. The third kappa shape index (κ3) is 3.93. The van der Waals surface area contributed by atoms with Gasteiger partial charge in [-0.15, -0.1) is 0 Å². The average molecular weight is 268 g/mol. The van der Waals surface area contributed by atoms with Crippen molar-refractivity contribution in [2.24, 2.45) is 5.73 Å². The molecule has 1 amide bonds. The lowest BCUT2D eigenvalue weighted by Gasteiger charge is -2.18. The van der Waals surface area contributed by atoms with Gasteiger partial charge in [0.15, 0.2) is 0 Å². The van der Waals surface area contributed by atoms with E-state index < -0.39 is 6.04 Å². The summed E-state index contributed by atoms with van der Waals surface area (Å²) in [6, 6.07) is 19.1. The second-order valence-electron chi connectivity index (χ2n) is 4.94. The molecule has 0 aliphatic heterocycles. The first-order valence-electron chi connectivity index (χ1n) is 6.81. The van der Waals surface area contributed by atoms with Crippen molar-refractivity contribution in [3.05, 3.63) is 71.8 Å². The van der Waals surface area contributed by atoms with Crippen LogP contribution in [-0.2, 0) is 11.2 Å². The van der Waals surface area contributed by atoms with Crippen molar-refractivity contribution in [3.8, 4) is 0 Å². The van der Waals surface area contributed by atoms with Crippen LogP contribution >= 0.6 is 0 Å². The Hall–Kier alpha value is -2.13. The molecule has 0 spiro atoms. The molecule has 2 rings (SSSR count). The zero-order chi connectivity index (χ0) is 14.4. The van der Waals surface area contributed by atoms with E-state index in [1.807, 2.05) is 67.6 Å². The number of hydrogen-bond donors (Lipinski definition) is 2. The van der Waals surface area contributed by atoms with Gasteiger partial charge in [0.1, 0.15) is 0 Å². The number of nitrogens with two attached hydrogens (primary N) is 1. The highest BCUT2D eigenvalue weighted by molar-refractivity contribution is 5.82. The second-order valence-corrected chi connectivity index (χ2v) is 4.94. The summed E-state index contributed by atoms with van der Waals surface area (Å²) in [7, 11) is 0. The number of carbonyl (C=O) groups is 1. The first kappa shape index (κ1) is 14.3. The van der Waals surface area contributed by atoms with Crippen LogP contribution < -0.4 is 11.1 Å². The summed E-state index contributed by atoms with van der Waals surface area (Å²) in [5.41, 5.74) is 8.11. The monoisotopic (exact) mass is 268 g/mol. The highest BCUT2D eigenvalue weighted by atomic mass is 16.2. The maximum absolute atomic E-state index is 12.1. The standard InChI is InChI=1S/C17H20N2O/c1-13(15-10-6-3-7-11-15)19-17(20)16(18)12-14-8-4-2-5-9-14/h2-11,13,16H,12,18H2,1H3,(H,19,20)/t13-,16-/m1/s1. The maximum atomic E-state index is 12.1. The SMILES string of the molecule is C[C@@H](NC(=O)[C@H](N)Cc1ccccc1)c1ccccc1. The summed E-state index contributed by atoms with van der Waals surface area (Å²) in [5.74, 6) is -0.120. The third-order valence-corrected chi connectivity index (χ3v) is 3.29. The Labute approximate surface area is 119 Å². The van der Waals surface area contributed by atoms with Crippen LogP contribution in [0.15, 0.2) is 60.7 Å². The summed E-state index contributed by atoms with van der Waals surface area (Å²) in [6.45, 7) is 1.96. The molecule has 0 aromatic heterocycles. The van der Waals surface area contributed by atoms with Crippen LogP contribution in [0.25, 0.3) is 0 Å². The van der Waals surface area contributed by atoms with Gasteiger partial charge in [-0.2, -0.15) is 0 Å². The second kappa shape index (κ2) is 6.87. The molecular formula is C17H20N2O. The van der Waals surface area contributed by atoms with Crippen LogP contribution in [-0.4, -0.2) is 11.9 Å². The quantitative estimate of drug-likeness (QED) is 0.875. The van der Waals surface area contributed by atoms with Gasteiger partial charge in [0, 0.05) is 0 Å². The van der Waals surface area contributed by atoms with Gasteiger partial charge >= 0.3 is 0 Å². The minimum absolute atomic E-state index is 0.0366. The molecule has 20 heavy (non-hydrogen) atoms. The van der Waals surface area contributed by atoms with Gasteiger partial charge in [0.2, 0.25) is 5.91 Å². The molecule has 3 N–H and O–H groups in total. The third-order valence-electron chi connectivity index (χ3n) is 3.29. The van der Waals surface area contributed by atoms with E-state index in [1.165, 1.54) is 0 Å². The topological polar surface area (TPSA) is 55.1 Å². The fourth-order valence-corrected chi connectivity index (χ4v) is 2.11. The van der Waals surface area contributed by atoms with Gasteiger partial charge in [-0.1, -0.05) is 60.7 Å². The van der Waals surface area contributed by atoms with E-state index in [9.17, 15) is 4.79 Å². The van der Waals surface area contributed by atoms with Crippen molar-refractivity contribution in [3.63, 3.8) is 0 Å². The van der Waals surface area contributed by atoms with E-state index >= 15 is 0 Å². The Morgan fingerprint density at radius 1 is 1.05 bits per heavy atom. The summed E-state index contributed by atoms with van der Waals surface area (Å²) < 4.78 is 0. The Balaban J connectivity index is 1.91. The molecule has 0 bridgehead atoms. The van der Waals surface area contributed by atoms with Gasteiger partial charge in [-0.05, 0) is 24.5 Å². The van der Waals surface area contributed by atoms with Crippen molar-refractivity contribution in [2.75, 3.05) is 0 Å². The molecule has 104 valence electrons. The Morgan fingerprint density at radius 2 is 1.60 bits per heavy atom. The average Bonchev–Trinajstić information content (AvgIpc) is 2.49. The van der Waals surface area contributed by atoms with E-state index in [4.69, 9.17) is 5.73 Å². The van der Waals surface area contributed by atoms with Crippen molar-refractivity contribution in [1.82, 2.24) is 5.32 Å². The lowest BCUT2D eigenvalue weighted by Crippen LogP contribution is -2.42. The number of nitrogens with one attached hydrogen (secondary N) is 1. The van der Waals surface area contributed by atoms with Gasteiger partial charge in [-0.3, -0.25) is 4.79 Å². The van der Waals surface area contributed by atoms with Gasteiger partial charge in [-0.25, -0.2) is 0 Å². The normalized spacial score (nSPS) is 13.5. The molecule has 0 saturated heterocycles. The summed E-state index contributed by atoms with van der Waals surface area (Å²) >= 11 is 0. The van der Waals surface area contributed by atoms with Crippen LogP contribution in [0, 0.1) is 0 Å². The number of hydrogen-bond acceptors (Lipinski definition) is 2. The van der Waals surface area contributed by atoms with Crippen LogP contribution in [0.4, 0.5) is 0 Å². The minimum atomic E-state index is -0.524. The van der Waals surface area contributed by atoms with Crippen molar-refractivity contribution >= 4 is 5.91 Å². The zero-order valence-corrected chi connectivity index (χ0v) is 11.6. The lowest BCUT2D eigenvalue weighted by atomic mass is 10.0. The van der Waals surface area contributed by atoms with Crippen LogP contribution in [0.2, 0.25) is 0 Å². The molecule has 2 atom stereocenters. The summed E-state index contributed by atoms with van der Waals surface area (Å²) in [5, 5.41) is 2.95. The molecule has 0 radical (unpaired) electrons. The Kier molecular flexibility index (Phi) is 4.91. The van der Waals surface area contributed by atoms with Gasteiger partial charge in [0.25, 0.3) is 0 Å². The highest BCUT2D eigenvalue weighted by Crippen LogP contribution is 2.11. The molecule has 0 unspecified atom stereocenters. The maximum Gasteiger partial charge on any atom is 0.237 e. The lowest BCUT2D eigenvalue weighted by molar-refractivity contribution is -0.123. The highest BCUT2D eigenvalue weighted by Gasteiger charge is 2.16. The molecule has 0 aliphatic carbocycles. The number of amides is 1. The van der Waals surface area contributed by atoms with Crippen LogP contribution in [0.1, 0.15) is 24.1 Å².